The van der Waals surface area contributed by atoms with Gasteiger partial charge in [0.2, 0.25) is 10.0 Å². The molecule has 7 nitrogen and oxygen atoms in total. The number of rotatable bonds is 7. The van der Waals surface area contributed by atoms with E-state index in [-0.39, 0.29) is 17.0 Å². The molecule has 2 aromatic carbocycles. The lowest BCUT2D eigenvalue weighted by Crippen LogP contribution is -2.41. The smallest absolute Gasteiger partial charge is 0.251 e. The molecular formula is C21H26N2O5S. The van der Waals surface area contributed by atoms with Crippen molar-refractivity contribution in [3.8, 4) is 0 Å². The predicted octanol–water partition coefficient (Wildman–Crippen LogP) is 1.73. The maximum absolute atomic E-state index is 13.1. The van der Waals surface area contributed by atoms with E-state index in [0.717, 1.165) is 0 Å². The monoisotopic (exact) mass is 418 g/mol. The molecule has 156 valence electrons. The zero-order valence-electron chi connectivity index (χ0n) is 16.4. The molecule has 8 heteroatoms. The molecule has 1 aliphatic heterocycles. The van der Waals surface area contributed by atoms with E-state index in [4.69, 9.17) is 4.74 Å². The van der Waals surface area contributed by atoms with Crippen LogP contribution in [-0.4, -0.2) is 56.6 Å². The normalized spacial score (nSPS) is 16.3. The highest BCUT2D eigenvalue weighted by Gasteiger charge is 2.29. The van der Waals surface area contributed by atoms with Crippen LogP contribution in [0.1, 0.15) is 34.5 Å². The van der Waals surface area contributed by atoms with Gasteiger partial charge in [0.25, 0.3) is 5.91 Å². The van der Waals surface area contributed by atoms with E-state index in [1.165, 1.54) is 10.4 Å². The number of sulfonamides is 1. The summed E-state index contributed by atoms with van der Waals surface area (Å²) in [5.74, 6) is -0.430. The third kappa shape index (κ3) is 5.02. The summed E-state index contributed by atoms with van der Waals surface area (Å²) in [5.41, 5.74) is 1.61. The third-order valence-corrected chi connectivity index (χ3v) is 6.92. The number of benzene rings is 2. The summed E-state index contributed by atoms with van der Waals surface area (Å²) in [6.07, 6.45) is -0.306. The summed E-state index contributed by atoms with van der Waals surface area (Å²) in [5, 5.41) is 12.9. The summed E-state index contributed by atoms with van der Waals surface area (Å²) in [6, 6.07) is 13.7. The van der Waals surface area contributed by atoms with Crippen molar-refractivity contribution >= 4 is 15.9 Å². The fraction of sp³-hybridized carbons (Fsp3) is 0.381. The van der Waals surface area contributed by atoms with Gasteiger partial charge in [-0.2, -0.15) is 4.31 Å². The van der Waals surface area contributed by atoms with Crippen LogP contribution in [0.15, 0.2) is 53.4 Å². The fourth-order valence-corrected chi connectivity index (χ4v) is 4.97. The Balaban J connectivity index is 1.78. The minimum Gasteiger partial charge on any atom is -0.387 e. The van der Waals surface area contributed by atoms with Gasteiger partial charge in [-0.05, 0) is 29.7 Å². The summed E-state index contributed by atoms with van der Waals surface area (Å²) in [7, 11) is -3.71. The first-order valence-electron chi connectivity index (χ1n) is 9.65. The number of carbonyl (C=O) groups is 1. The van der Waals surface area contributed by atoms with Crippen molar-refractivity contribution in [2.24, 2.45) is 0 Å². The molecule has 1 aliphatic rings. The largest absolute Gasteiger partial charge is 0.387 e. The van der Waals surface area contributed by atoms with E-state index < -0.39 is 22.0 Å². The zero-order valence-corrected chi connectivity index (χ0v) is 17.2. The second-order valence-corrected chi connectivity index (χ2v) is 8.74. The number of morpholine rings is 1. The molecule has 1 unspecified atom stereocenters. The minimum atomic E-state index is -3.71. The van der Waals surface area contributed by atoms with Crippen LogP contribution >= 0.6 is 0 Å². The van der Waals surface area contributed by atoms with E-state index in [9.17, 15) is 18.3 Å². The van der Waals surface area contributed by atoms with Gasteiger partial charge >= 0.3 is 0 Å². The molecule has 1 amide bonds. The fourth-order valence-electron chi connectivity index (χ4n) is 3.24. The van der Waals surface area contributed by atoms with Crippen LogP contribution in [0.5, 0.6) is 0 Å². The topological polar surface area (TPSA) is 95.9 Å². The van der Waals surface area contributed by atoms with Gasteiger partial charge in [0.15, 0.2) is 0 Å². The maximum atomic E-state index is 13.1. The van der Waals surface area contributed by atoms with Gasteiger partial charge in [0, 0.05) is 25.2 Å². The highest BCUT2D eigenvalue weighted by atomic mass is 32.2. The molecule has 0 aromatic heterocycles. The highest BCUT2D eigenvalue weighted by Crippen LogP contribution is 2.23. The van der Waals surface area contributed by atoms with Crippen LogP contribution in [0, 0.1) is 0 Å². The number of aliphatic hydroxyl groups is 1. The van der Waals surface area contributed by atoms with Crippen molar-refractivity contribution in [1.82, 2.24) is 9.62 Å². The Kier molecular flexibility index (Phi) is 7.02. The van der Waals surface area contributed by atoms with Gasteiger partial charge in [-0.15, -0.1) is 0 Å². The van der Waals surface area contributed by atoms with Crippen molar-refractivity contribution in [3.05, 3.63) is 65.2 Å². The Morgan fingerprint density at radius 1 is 1.17 bits per heavy atom. The van der Waals surface area contributed by atoms with Crippen molar-refractivity contribution < 1.29 is 23.1 Å². The molecule has 0 aliphatic carbocycles. The Morgan fingerprint density at radius 3 is 2.52 bits per heavy atom. The Hall–Kier alpha value is -2.26. The van der Waals surface area contributed by atoms with E-state index in [2.05, 4.69) is 5.32 Å². The zero-order chi connectivity index (χ0) is 20.9. The molecular weight excluding hydrogens is 392 g/mol. The number of amides is 1. The first-order valence-corrected chi connectivity index (χ1v) is 11.1. The lowest BCUT2D eigenvalue weighted by atomic mass is 10.1. The molecule has 3 rings (SSSR count). The Morgan fingerprint density at radius 2 is 1.86 bits per heavy atom. The molecule has 29 heavy (non-hydrogen) atoms. The summed E-state index contributed by atoms with van der Waals surface area (Å²) in [6.45, 7) is 3.22. The average molecular weight is 419 g/mol. The number of aliphatic hydroxyl groups excluding tert-OH is 1. The molecule has 1 saturated heterocycles. The molecule has 0 radical (unpaired) electrons. The third-order valence-electron chi connectivity index (χ3n) is 4.94. The van der Waals surface area contributed by atoms with E-state index >= 15 is 0 Å². The number of carbonyl (C=O) groups excluding carboxylic acids is 1. The van der Waals surface area contributed by atoms with Crippen LogP contribution in [0.3, 0.4) is 0 Å². The number of hydrogen-bond acceptors (Lipinski definition) is 5. The standard InChI is InChI=1S/C21H26N2O5S/c1-2-16-8-9-18(14-20(16)29(26,27)23-10-12-28-13-11-23)21(25)22-15-19(24)17-6-4-3-5-7-17/h3-9,14,19,24H,2,10-13,15H2,1H3,(H,22,25). The number of nitrogens with zero attached hydrogens (tertiary/aromatic N) is 1. The summed E-state index contributed by atoms with van der Waals surface area (Å²) >= 11 is 0. The van der Waals surface area contributed by atoms with E-state index in [1.807, 2.05) is 25.1 Å². The van der Waals surface area contributed by atoms with Gasteiger partial charge in [-0.3, -0.25) is 4.79 Å². The minimum absolute atomic E-state index is 0.0317. The van der Waals surface area contributed by atoms with Crippen LogP contribution in [0.25, 0.3) is 0 Å². The number of nitrogens with one attached hydrogen (secondary N) is 1. The molecule has 0 bridgehead atoms. The number of aryl methyl sites for hydroxylation is 1. The molecule has 1 fully saturated rings. The highest BCUT2D eigenvalue weighted by molar-refractivity contribution is 7.89. The maximum Gasteiger partial charge on any atom is 0.251 e. The molecule has 1 heterocycles. The second kappa shape index (κ2) is 9.49. The van der Waals surface area contributed by atoms with Crippen LogP contribution in [0.2, 0.25) is 0 Å². The van der Waals surface area contributed by atoms with Gasteiger partial charge < -0.3 is 15.2 Å². The van der Waals surface area contributed by atoms with Gasteiger partial charge in [-0.25, -0.2) is 8.42 Å². The van der Waals surface area contributed by atoms with Gasteiger partial charge in [0.1, 0.15) is 0 Å². The lowest BCUT2D eigenvalue weighted by molar-refractivity contribution is 0.0730. The second-order valence-electron chi connectivity index (χ2n) is 6.83. The van der Waals surface area contributed by atoms with Crippen molar-refractivity contribution in [3.63, 3.8) is 0 Å². The quantitative estimate of drug-likeness (QED) is 0.714. The van der Waals surface area contributed by atoms with Gasteiger partial charge in [0.05, 0.1) is 24.2 Å². The molecule has 2 N–H and O–H groups in total. The van der Waals surface area contributed by atoms with Crippen molar-refractivity contribution in [2.75, 3.05) is 32.8 Å². The molecule has 1 atom stereocenters. The Labute approximate surface area is 171 Å². The SMILES string of the molecule is CCc1ccc(C(=O)NCC(O)c2ccccc2)cc1S(=O)(=O)N1CCOCC1. The first-order chi connectivity index (χ1) is 13.9. The van der Waals surface area contributed by atoms with Crippen molar-refractivity contribution in [2.45, 2.75) is 24.3 Å². The summed E-state index contributed by atoms with van der Waals surface area (Å²) in [4.78, 5) is 12.7. The van der Waals surface area contributed by atoms with Gasteiger partial charge in [-0.1, -0.05) is 43.3 Å². The lowest BCUT2D eigenvalue weighted by Gasteiger charge is -2.27. The molecule has 0 spiro atoms. The van der Waals surface area contributed by atoms with Crippen LogP contribution < -0.4 is 5.32 Å². The number of hydrogen-bond donors (Lipinski definition) is 2. The van der Waals surface area contributed by atoms with Crippen LogP contribution in [0.4, 0.5) is 0 Å². The van der Waals surface area contributed by atoms with E-state index in [0.29, 0.717) is 43.9 Å². The predicted molar refractivity (Wildman–Crippen MR) is 109 cm³/mol. The molecule has 0 saturated carbocycles. The Bertz CT molecular complexity index is 941. The molecule has 2 aromatic rings. The van der Waals surface area contributed by atoms with Crippen molar-refractivity contribution in [1.29, 1.82) is 0 Å². The van der Waals surface area contributed by atoms with Crippen LogP contribution in [-0.2, 0) is 21.2 Å². The first kappa shape index (κ1) is 21.4. The average Bonchev–Trinajstić information content (AvgIpc) is 2.77. The number of ether oxygens (including phenoxy) is 1. The van der Waals surface area contributed by atoms with E-state index in [1.54, 1.807) is 24.3 Å². The summed E-state index contributed by atoms with van der Waals surface area (Å²) < 4.78 is 32.8.